The molecule has 7 heteroatoms. The summed E-state index contributed by atoms with van der Waals surface area (Å²) < 4.78 is 17.1. The first-order valence-corrected chi connectivity index (χ1v) is 4.98. The smallest absolute Gasteiger partial charge is 0.108 e. The van der Waals surface area contributed by atoms with Crippen LogP contribution in [0.25, 0.3) is 0 Å². The van der Waals surface area contributed by atoms with Gasteiger partial charge < -0.3 is 35.6 Å². The van der Waals surface area contributed by atoms with E-state index in [0.29, 0.717) is 0 Å². The molecule has 0 radical (unpaired) electrons. The molecule has 1 heterocycles. The van der Waals surface area contributed by atoms with Gasteiger partial charge in [-0.15, -0.1) is 6.20 Å². The first-order chi connectivity index (χ1) is 5.65. The van der Waals surface area contributed by atoms with Crippen molar-refractivity contribution in [2.24, 2.45) is 5.73 Å². The van der Waals surface area contributed by atoms with Gasteiger partial charge in [-0.3, -0.25) is 0 Å². The number of rotatable bonds is 0. The predicted octanol–water partition coefficient (Wildman–Crippen LogP) is 0.352. The molecule has 0 aliphatic rings. The second-order valence-corrected chi connectivity index (χ2v) is 2.67. The van der Waals surface area contributed by atoms with E-state index >= 15 is 0 Å². The van der Waals surface area contributed by atoms with Gasteiger partial charge >= 0.3 is 25.3 Å². The fourth-order valence-electron chi connectivity index (χ4n) is 0.241. The summed E-state index contributed by atoms with van der Waals surface area (Å²) >= 11 is 6.23. The summed E-state index contributed by atoms with van der Waals surface area (Å²) in [6.07, 6.45) is 4.56. The summed E-state index contributed by atoms with van der Waals surface area (Å²) in [5.41, 5.74) is 4.66. The molecule has 1 aromatic rings. The molecule has 0 saturated carbocycles. The quantitative estimate of drug-likeness (QED) is 0.311. The largest absolute Gasteiger partial charge is 0.484 e. The van der Waals surface area contributed by atoms with Gasteiger partial charge in [0.1, 0.15) is 0 Å². The predicted molar refractivity (Wildman–Crippen MR) is 45.2 cm³/mol. The van der Waals surface area contributed by atoms with Crippen LogP contribution in [0.3, 0.4) is 0 Å². The molecule has 12 heavy (non-hydrogen) atoms. The van der Waals surface area contributed by atoms with Gasteiger partial charge in [-0.05, 0) is 0 Å². The van der Waals surface area contributed by atoms with Gasteiger partial charge in [-0.25, -0.2) is 0 Å². The molecule has 0 spiro atoms. The minimum absolute atomic E-state index is 0.0833. The van der Waals surface area contributed by atoms with Crippen LogP contribution in [0.2, 0.25) is 0 Å². The molecule has 0 bridgehead atoms. The maximum Gasteiger partial charge on any atom is -0.108 e. The zero-order valence-corrected chi connectivity index (χ0v) is 9.49. The van der Waals surface area contributed by atoms with E-state index in [4.69, 9.17) is 6.80 Å². The van der Waals surface area contributed by atoms with Gasteiger partial charge in [0, 0.05) is 0 Å². The molecule has 0 fully saturated rings. The minimum Gasteiger partial charge on any atom is -0.484 e. The molecule has 0 atom stereocenters. The first-order valence-electron chi connectivity index (χ1n) is 2.52. The van der Waals surface area contributed by atoms with Crippen LogP contribution in [0.15, 0.2) is 18.3 Å². The van der Waals surface area contributed by atoms with Crippen molar-refractivity contribution >= 4 is 29.2 Å². The standard InChI is InChI=1S/C4H4N.CH3NS2.Mo.2O/c1-2-4-5-3-1;2-1(3)4;;;/h1-3,5H;(H3,2,3,4);;;/q-1;;+2;;/p-1. The summed E-state index contributed by atoms with van der Waals surface area (Å²) in [6, 6.07) is 3.71. The van der Waals surface area contributed by atoms with Crippen LogP contribution in [0.1, 0.15) is 0 Å². The molecule has 66 valence electrons. The Kier molecular flexibility index (Phi) is 15.7. The molecule has 0 amide bonds. The van der Waals surface area contributed by atoms with Crippen molar-refractivity contribution in [3.05, 3.63) is 24.5 Å². The topological polar surface area (TPSA) is 76.0 Å². The maximum atomic E-state index is 8.50. The van der Waals surface area contributed by atoms with Gasteiger partial charge in [0.25, 0.3) is 0 Å². The van der Waals surface area contributed by atoms with E-state index in [1.165, 1.54) is 0 Å². The van der Waals surface area contributed by atoms with E-state index in [-0.39, 0.29) is 4.32 Å². The van der Waals surface area contributed by atoms with Crippen LogP contribution in [0.4, 0.5) is 0 Å². The number of hydrogen-bond donors (Lipinski definition) is 2. The van der Waals surface area contributed by atoms with Gasteiger partial charge in [-0.2, -0.15) is 18.3 Å². The van der Waals surface area contributed by atoms with Crippen molar-refractivity contribution in [3.63, 3.8) is 0 Å². The van der Waals surface area contributed by atoms with Crippen LogP contribution >= 0.6 is 12.2 Å². The Morgan fingerprint density at radius 3 is 2.17 bits per heavy atom. The number of hydrogen-bond acceptors (Lipinski definition) is 4. The van der Waals surface area contributed by atoms with Gasteiger partial charge in [0.05, 0.1) is 0 Å². The molecule has 4 nitrogen and oxygen atoms in total. The van der Waals surface area contributed by atoms with Crippen LogP contribution in [0, 0.1) is 6.20 Å². The van der Waals surface area contributed by atoms with Crippen molar-refractivity contribution in [3.8, 4) is 0 Å². The normalized spacial score (nSPS) is 6.00. The third-order valence-electron chi connectivity index (χ3n) is 0.442. The SMILES string of the molecule is NC(=S)[S-].[O]=[Mo+2]=[O].[c-]1ccc[nH]1. The summed E-state index contributed by atoms with van der Waals surface area (Å²) in [5, 5.41) is 0. The average Bonchev–Trinajstić information content (AvgIpc) is 2.40. The van der Waals surface area contributed by atoms with Crippen LogP contribution in [-0.2, 0) is 37.9 Å². The van der Waals surface area contributed by atoms with Crippen molar-refractivity contribution in [1.29, 1.82) is 0 Å². The molecule has 0 unspecified atom stereocenters. The third kappa shape index (κ3) is 33.3. The summed E-state index contributed by atoms with van der Waals surface area (Å²) in [5.74, 6) is 0. The molecule has 0 aliphatic heterocycles. The molecule has 3 N–H and O–H groups in total. The zero-order valence-electron chi connectivity index (χ0n) is 5.85. The number of aromatic nitrogens is 1. The Morgan fingerprint density at radius 1 is 1.67 bits per heavy atom. The summed E-state index contributed by atoms with van der Waals surface area (Å²) in [7, 11) is 0. The second kappa shape index (κ2) is 13.3. The van der Waals surface area contributed by atoms with Gasteiger partial charge in [-0.1, -0.05) is 4.32 Å². The molecule has 0 saturated heterocycles. The van der Waals surface area contributed by atoms with Gasteiger partial charge in [0.2, 0.25) is 0 Å². The van der Waals surface area contributed by atoms with E-state index in [1.54, 1.807) is 0 Å². The van der Waals surface area contributed by atoms with E-state index in [1.807, 2.05) is 18.3 Å². The fourth-order valence-corrected chi connectivity index (χ4v) is 0.241. The van der Waals surface area contributed by atoms with Crippen molar-refractivity contribution in [1.82, 2.24) is 4.98 Å². The van der Waals surface area contributed by atoms with E-state index in [2.05, 4.69) is 41.8 Å². The van der Waals surface area contributed by atoms with Crippen molar-refractivity contribution < 1.29 is 25.3 Å². The molecule has 0 aromatic carbocycles. The zero-order chi connectivity index (χ0) is 9.82. The third-order valence-corrected chi connectivity index (χ3v) is 0.442. The molecular formula is C5H6MoN2O2S2. The van der Waals surface area contributed by atoms with Crippen LogP contribution in [0.5, 0.6) is 0 Å². The monoisotopic (exact) mass is 288 g/mol. The Balaban J connectivity index is 0. The number of nitrogens with one attached hydrogen (secondary N) is 1. The summed E-state index contributed by atoms with van der Waals surface area (Å²) in [4.78, 5) is 2.74. The van der Waals surface area contributed by atoms with E-state index in [0.717, 1.165) is 0 Å². The maximum absolute atomic E-state index is 8.50. The molecule has 1 rings (SSSR count). The molecule has 1 aromatic heterocycles. The van der Waals surface area contributed by atoms with Gasteiger partial charge in [0.15, 0.2) is 0 Å². The molecule has 0 aliphatic carbocycles. The van der Waals surface area contributed by atoms with Crippen LogP contribution in [-0.4, -0.2) is 9.30 Å². The molecular weight excluding hydrogens is 280 g/mol. The van der Waals surface area contributed by atoms with E-state index in [9.17, 15) is 0 Å². The number of thiocarbonyl (C=S) groups is 1. The van der Waals surface area contributed by atoms with Crippen LogP contribution < -0.4 is 5.73 Å². The van der Waals surface area contributed by atoms with Crippen molar-refractivity contribution in [2.45, 2.75) is 0 Å². The Bertz CT molecular complexity index is 200. The number of nitrogens with two attached hydrogens (primary N) is 1. The Hall–Kier alpha value is -0.322. The fraction of sp³-hybridized carbons (Fsp3) is 0. The van der Waals surface area contributed by atoms with Crippen molar-refractivity contribution in [2.75, 3.05) is 0 Å². The van der Waals surface area contributed by atoms with E-state index < -0.39 is 18.5 Å². The number of aromatic amines is 1. The Labute approximate surface area is 89.5 Å². The summed E-state index contributed by atoms with van der Waals surface area (Å²) in [6.45, 7) is 0. The first kappa shape index (κ1) is 14.2. The number of H-pyrrole nitrogens is 1. The second-order valence-electron chi connectivity index (χ2n) is 1.20. The minimum atomic E-state index is -2.03. The average molecular weight is 286 g/mol. The Morgan fingerprint density at radius 2 is 2.08 bits per heavy atom.